The van der Waals surface area contributed by atoms with Crippen LogP contribution in [0.5, 0.6) is 0 Å². The van der Waals surface area contributed by atoms with Gasteiger partial charge in [0.25, 0.3) is 0 Å². The zero-order chi connectivity index (χ0) is 13.6. The lowest BCUT2D eigenvalue weighted by Crippen LogP contribution is -2.24. The third-order valence-electron chi connectivity index (χ3n) is 3.73. The fourth-order valence-electron chi connectivity index (χ4n) is 2.13. The highest BCUT2D eigenvalue weighted by atomic mass is 16.4. The van der Waals surface area contributed by atoms with Gasteiger partial charge in [0.15, 0.2) is 5.58 Å². The van der Waals surface area contributed by atoms with Crippen LogP contribution >= 0.6 is 0 Å². The Hall–Kier alpha value is -2.24. The number of aromatic nitrogens is 1. The van der Waals surface area contributed by atoms with Crippen LogP contribution in [0.2, 0.25) is 0 Å². The van der Waals surface area contributed by atoms with Gasteiger partial charge >= 0.3 is 11.7 Å². The lowest BCUT2D eigenvalue weighted by atomic mass is 10.1. The summed E-state index contributed by atoms with van der Waals surface area (Å²) in [7, 11) is 1.64. The number of hydrogen-bond donors (Lipinski definition) is 2. The van der Waals surface area contributed by atoms with Gasteiger partial charge < -0.3 is 14.8 Å². The largest absolute Gasteiger partial charge is 0.481 e. The Balaban J connectivity index is 1.82. The Morgan fingerprint density at radius 2 is 2.26 bits per heavy atom. The lowest BCUT2D eigenvalue weighted by Gasteiger charge is -2.11. The van der Waals surface area contributed by atoms with Crippen molar-refractivity contribution >= 4 is 22.8 Å². The standard InChI is InChI=1S/C13H14N2O4/c1-15-9-3-2-8(6-10(9)19-12(15)18)14-7-13(4-5-13)11(16)17/h2-3,6,14H,4-5,7H2,1H3,(H,16,17). The van der Waals surface area contributed by atoms with Crippen molar-refractivity contribution in [3.63, 3.8) is 0 Å². The molecule has 0 unspecified atom stereocenters. The van der Waals surface area contributed by atoms with Gasteiger partial charge in [-0.2, -0.15) is 0 Å². The molecule has 6 nitrogen and oxygen atoms in total. The number of oxazole rings is 1. The third-order valence-corrected chi connectivity index (χ3v) is 3.73. The van der Waals surface area contributed by atoms with Gasteiger partial charge in [0.2, 0.25) is 0 Å². The molecule has 100 valence electrons. The number of nitrogens with one attached hydrogen (secondary N) is 1. The van der Waals surface area contributed by atoms with Gasteiger partial charge in [-0.05, 0) is 25.0 Å². The van der Waals surface area contributed by atoms with Gasteiger partial charge in [0.05, 0.1) is 10.9 Å². The summed E-state index contributed by atoms with van der Waals surface area (Å²) in [6.45, 7) is 0.394. The average molecular weight is 262 g/mol. The van der Waals surface area contributed by atoms with Crippen LogP contribution in [0.25, 0.3) is 11.1 Å². The van der Waals surface area contributed by atoms with Crippen LogP contribution in [-0.4, -0.2) is 22.2 Å². The molecule has 0 saturated heterocycles. The minimum atomic E-state index is -0.757. The van der Waals surface area contributed by atoms with E-state index in [1.165, 1.54) is 4.57 Å². The van der Waals surface area contributed by atoms with Crippen LogP contribution < -0.4 is 11.1 Å². The summed E-state index contributed by atoms with van der Waals surface area (Å²) in [5.41, 5.74) is 1.36. The summed E-state index contributed by atoms with van der Waals surface area (Å²) >= 11 is 0. The molecule has 1 aliphatic carbocycles. The molecule has 1 fully saturated rings. The molecular formula is C13H14N2O4. The van der Waals surface area contributed by atoms with E-state index in [0.717, 1.165) is 11.2 Å². The van der Waals surface area contributed by atoms with Crippen molar-refractivity contribution in [2.24, 2.45) is 12.5 Å². The van der Waals surface area contributed by atoms with Crippen molar-refractivity contribution in [2.75, 3.05) is 11.9 Å². The van der Waals surface area contributed by atoms with Gasteiger partial charge in [-0.3, -0.25) is 9.36 Å². The minimum absolute atomic E-state index is 0.394. The van der Waals surface area contributed by atoms with E-state index >= 15 is 0 Å². The van der Waals surface area contributed by atoms with Crippen molar-refractivity contribution in [1.29, 1.82) is 0 Å². The number of carboxylic acid groups (broad SMARTS) is 1. The number of nitrogens with zero attached hydrogens (tertiary/aromatic N) is 1. The second kappa shape index (κ2) is 3.88. The van der Waals surface area contributed by atoms with E-state index < -0.39 is 17.1 Å². The Bertz CT molecular complexity index is 709. The highest BCUT2D eigenvalue weighted by Gasteiger charge is 2.49. The van der Waals surface area contributed by atoms with E-state index in [4.69, 9.17) is 9.52 Å². The van der Waals surface area contributed by atoms with Crippen LogP contribution in [0.1, 0.15) is 12.8 Å². The number of anilines is 1. The molecule has 1 saturated carbocycles. The number of carboxylic acids is 1. The van der Waals surface area contributed by atoms with Gasteiger partial charge in [0, 0.05) is 25.3 Å². The molecule has 0 spiro atoms. The molecule has 19 heavy (non-hydrogen) atoms. The molecule has 0 amide bonds. The van der Waals surface area contributed by atoms with Gasteiger partial charge in [-0.25, -0.2) is 4.79 Å². The highest BCUT2D eigenvalue weighted by Crippen LogP contribution is 2.45. The second-order valence-corrected chi connectivity index (χ2v) is 5.05. The van der Waals surface area contributed by atoms with Crippen molar-refractivity contribution < 1.29 is 14.3 Å². The first-order valence-electron chi connectivity index (χ1n) is 6.09. The van der Waals surface area contributed by atoms with E-state index in [0.29, 0.717) is 25.0 Å². The van der Waals surface area contributed by atoms with Crippen molar-refractivity contribution in [2.45, 2.75) is 12.8 Å². The second-order valence-electron chi connectivity index (χ2n) is 5.05. The molecule has 2 N–H and O–H groups in total. The minimum Gasteiger partial charge on any atom is -0.481 e. The van der Waals surface area contributed by atoms with Crippen LogP contribution in [0.15, 0.2) is 27.4 Å². The Kier molecular flexibility index (Phi) is 2.41. The van der Waals surface area contributed by atoms with E-state index in [2.05, 4.69) is 5.32 Å². The van der Waals surface area contributed by atoms with Crippen molar-refractivity contribution in [3.05, 3.63) is 28.7 Å². The predicted molar refractivity (Wildman–Crippen MR) is 69.2 cm³/mol. The summed E-state index contributed by atoms with van der Waals surface area (Å²) in [6, 6.07) is 5.31. The molecule has 2 aromatic rings. The zero-order valence-electron chi connectivity index (χ0n) is 10.5. The average Bonchev–Trinajstić information content (AvgIpc) is 3.12. The molecule has 0 radical (unpaired) electrons. The van der Waals surface area contributed by atoms with E-state index in [1.807, 2.05) is 6.07 Å². The maximum Gasteiger partial charge on any atom is 0.419 e. The van der Waals surface area contributed by atoms with Crippen molar-refractivity contribution in [3.8, 4) is 0 Å². The summed E-state index contributed by atoms with van der Waals surface area (Å²) in [6.07, 6.45) is 1.41. The molecule has 1 aromatic carbocycles. The SMILES string of the molecule is Cn1c(=O)oc2cc(NCC3(C(=O)O)CC3)ccc21. The molecule has 1 aliphatic rings. The molecule has 3 rings (SSSR count). The normalized spacial score (nSPS) is 16.5. The van der Waals surface area contributed by atoms with Crippen LogP contribution in [0.3, 0.4) is 0 Å². The first-order chi connectivity index (χ1) is 9.02. The molecular weight excluding hydrogens is 248 g/mol. The number of hydrogen-bond acceptors (Lipinski definition) is 4. The quantitative estimate of drug-likeness (QED) is 0.870. The van der Waals surface area contributed by atoms with E-state index in [-0.39, 0.29) is 0 Å². The third kappa shape index (κ3) is 1.89. The van der Waals surface area contributed by atoms with Gasteiger partial charge in [-0.15, -0.1) is 0 Å². The highest BCUT2D eigenvalue weighted by molar-refractivity contribution is 5.80. The van der Waals surface area contributed by atoms with E-state index in [9.17, 15) is 9.59 Å². The number of carbonyl (C=O) groups is 1. The Labute approximate surface area is 108 Å². The zero-order valence-corrected chi connectivity index (χ0v) is 10.5. The number of rotatable bonds is 4. The summed E-state index contributed by atoms with van der Waals surface area (Å²) in [4.78, 5) is 22.4. The summed E-state index contributed by atoms with van der Waals surface area (Å²) < 4.78 is 6.51. The Morgan fingerprint density at radius 3 is 2.89 bits per heavy atom. The molecule has 0 atom stereocenters. The Morgan fingerprint density at radius 1 is 1.53 bits per heavy atom. The van der Waals surface area contributed by atoms with Crippen LogP contribution in [-0.2, 0) is 11.8 Å². The number of benzene rings is 1. The van der Waals surface area contributed by atoms with Crippen LogP contribution in [0.4, 0.5) is 5.69 Å². The monoisotopic (exact) mass is 262 g/mol. The maximum absolute atomic E-state index is 11.4. The molecule has 0 aliphatic heterocycles. The number of aliphatic carboxylic acids is 1. The fourth-order valence-corrected chi connectivity index (χ4v) is 2.13. The molecule has 0 bridgehead atoms. The first kappa shape index (κ1) is 11.8. The van der Waals surface area contributed by atoms with Gasteiger partial charge in [0.1, 0.15) is 0 Å². The maximum atomic E-state index is 11.4. The fraction of sp³-hybridized carbons (Fsp3) is 0.385. The summed E-state index contributed by atoms with van der Waals surface area (Å²) in [5.74, 6) is -1.16. The first-order valence-corrected chi connectivity index (χ1v) is 6.09. The molecule has 6 heteroatoms. The number of aryl methyl sites for hydroxylation is 1. The molecule has 1 aromatic heterocycles. The number of fused-ring (bicyclic) bond motifs is 1. The smallest absolute Gasteiger partial charge is 0.419 e. The van der Waals surface area contributed by atoms with Gasteiger partial charge in [-0.1, -0.05) is 0 Å². The predicted octanol–water partition coefficient (Wildman–Crippen LogP) is 1.41. The molecule has 1 heterocycles. The lowest BCUT2D eigenvalue weighted by molar-refractivity contribution is -0.142. The topological polar surface area (TPSA) is 84.5 Å². The van der Waals surface area contributed by atoms with Crippen LogP contribution in [0, 0.1) is 5.41 Å². The summed E-state index contributed by atoms with van der Waals surface area (Å²) in [5, 5.41) is 12.2. The van der Waals surface area contributed by atoms with Crippen molar-refractivity contribution in [1.82, 2.24) is 4.57 Å². The van der Waals surface area contributed by atoms with E-state index in [1.54, 1.807) is 19.2 Å².